The van der Waals surface area contributed by atoms with E-state index in [1.165, 1.54) is 0 Å². The number of aliphatic imine (C=N–C) groups is 3. The molecule has 344 valence electrons. The zero-order valence-corrected chi connectivity index (χ0v) is 38.9. The third kappa shape index (κ3) is 5.98. The van der Waals surface area contributed by atoms with Gasteiger partial charge in [0, 0.05) is 50.8 Å². The lowest BCUT2D eigenvalue weighted by atomic mass is 9.88. The zero-order valence-electron chi connectivity index (χ0n) is 38.9. The number of carbonyl (C=O) groups is 3. The van der Waals surface area contributed by atoms with Crippen molar-refractivity contribution >= 4 is 103 Å². The van der Waals surface area contributed by atoms with E-state index in [0.29, 0.717) is 51.3 Å². The van der Waals surface area contributed by atoms with Gasteiger partial charge in [0.15, 0.2) is 17.3 Å². The first kappa shape index (κ1) is 41.0. The van der Waals surface area contributed by atoms with Crippen LogP contribution in [0.4, 0.5) is 68.2 Å². The largest absolute Gasteiger partial charge is 0.310 e. The molecule has 0 fully saturated rings. The lowest BCUT2D eigenvalue weighted by Gasteiger charge is -2.29. The number of hydrogen-bond acceptors (Lipinski definition) is 10. The maximum atomic E-state index is 14.1. The normalized spacial score (nSPS) is 18.2. The van der Waals surface area contributed by atoms with Crippen LogP contribution >= 0.6 is 0 Å². The Morgan fingerprint density at radius 3 is 0.863 bits per heavy atom. The molecule has 0 saturated heterocycles. The van der Waals surface area contributed by atoms with Crippen LogP contribution in [0.3, 0.4) is 0 Å². The molecular weight excluding hydrogens is 903 g/mol. The van der Waals surface area contributed by atoms with Gasteiger partial charge >= 0.3 is 0 Å². The molecule has 0 aromatic heterocycles. The molecule has 73 heavy (non-hydrogen) atoms. The molecule has 0 saturated carbocycles. The van der Waals surface area contributed by atoms with Crippen LogP contribution in [0, 0.1) is 0 Å². The van der Waals surface area contributed by atoms with Gasteiger partial charge < -0.3 is 4.90 Å². The topological polar surface area (TPSA) is 101 Å². The quantitative estimate of drug-likeness (QED) is 0.164. The number of benzene rings is 9. The van der Waals surface area contributed by atoms with Crippen molar-refractivity contribution in [1.29, 1.82) is 0 Å². The molecule has 0 bridgehead atoms. The van der Waals surface area contributed by atoms with Gasteiger partial charge in [0.1, 0.15) is 35.3 Å². The molecule has 6 aliphatic heterocycles. The molecule has 0 aliphatic carbocycles. The molecule has 3 atom stereocenters. The maximum absolute atomic E-state index is 14.1. The maximum Gasteiger partial charge on any atom is 0.180 e. The Labute approximate surface area is 419 Å². The van der Waals surface area contributed by atoms with E-state index in [9.17, 15) is 14.4 Å². The van der Waals surface area contributed by atoms with Gasteiger partial charge in [0.25, 0.3) is 0 Å². The minimum atomic E-state index is -0.505. The highest BCUT2D eigenvalue weighted by Crippen LogP contribution is 2.52. The van der Waals surface area contributed by atoms with Crippen LogP contribution in [0.1, 0.15) is 65.5 Å². The summed E-state index contributed by atoms with van der Waals surface area (Å²) in [4.78, 5) is 66.3. The van der Waals surface area contributed by atoms with Crippen molar-refractivity contribution < 1.29 is 14.4 Å². The van der Waals surface area contributed by atoms with E-state index in [0.717, 1.165) is 67.9 Å². The molecule has 0 spiro atoms. The van der Waals surface area contributed by atoms with Crippen LogP contribution in [0.2, 0.25) is 0 Å². The SMILES string of the molecule is O=C1c2ccccc2N=C2C1c1ccccc1N2c1ccc(N(c2ccc(N3C4=Nc5ccccc5C(=O)C4c4ccccc43)cc2)c2ccc(N3C4=Nc5ccccc5C(=O)C4c4ccccc43)cc2)cc1. The van der Waals surface area contributed by atoms with Crippen LogP contribution in [0.15, 0.2) is 233 Å². The minimum Gasteiger partial charge on any atom is -0.310 e. The lowest BCUT2D eigenvalue weighted by molar-refractivity contribution is 0.0974. The highest BCUT2D eigenvalue weighted by molar-refractivity contribution is 6.32. The fraction of sp³-hybridized carbons (Fsp3) is 0.0476. The number of Topliss-reactive ketones (excluding diaryl/α,β-unsaturated/α-hetero) is 3. The summed E-state index contributed by atoms with van der Waals surface area (Å²) in [6.45, 7) is 0. The first-order valence-corrected chi connectivity index (χ1v) is 24.4. The number of ketones is 3. The molecule has 15 rings (SSSR count). The molecule has 9 aromatic rings. The Hall–Kier alpha value is -9.80. The fourth-order valence-corrected chi connectivity index (χ4v) is 11.8. The monoisotopic (exact) mass is 941 g/mol. The summed E-state index contributed by atoms with van der Waals surface area (Å²) in [7, 11) is 0. The van der Waals surface area contributed by atoms with E-state index in [1.807, 2.05) is 127 Å². The third-order valence-electron chi connectivity index (χ3n) is 15.0. The molecule has 0 amide bonds. The molecule has 10 heteroatoms. The van der Waals surface area contributed by atoms with Crippen molar-refractivity contribution in [3.05, 3.63) is 252 Å². The fourth-order valence-electron chi connectivity index (χ4n) is 11.8. The van der Waals surface area contributed by atoms with Crippen molar-refractivity contribution in [3.63, 3.8) is 0 Å². The second kappa shape index (κ2) is 15.6. The first-order chi connectivity index (χ1) is 36.0. The Kier molecular flexibility index (Phi) is 8.77. The van der Waals surface area contributed by atoms with Gasteiger partial charge in [-0.15, -0.1) is 0 Å². The van der Waals surface area contributed by atoms with Crippen LogP contribution in [-0.4, -0.2) is 34.9 Å². The van der Waals surface area contributed by atoms with E-state index in [-0.39, 0.29) is 17.3 Å². The number of fused-ring (bicyclic) bond motifs is 12. The Balaban J connectivity index is 0.838. The molecule has 10 nitrogen and oxygen atoms in total. The van der Waals surface area contributed by atoms with Crippen molar-refractivity contribution in [3.8, 4) is 0 Å². The number of nitrogens with zero attached hydrogens (tertiary/aromatic N) is 7. The lowest BCUT2D eigenvalue weighted by Crippen LogP contribution is -2.31. The zero-order chi connectivity index (χ0) is 48.5. The smallest absolute Gasteiger partial charge is 0.180 e. The number of anilines is 9. The van der Waals surface area contributed by atoms with Gasteiger partial charge in [-0.05, 0) is 144 Å². The summed E-state index contributed by atoms with van der Waals surface area (Å²) in [5.74, 6) is 0.702. The molecular formula is C63H39N7O3. The highest BCUT2D eigenvalue weighted by Gasteiger charge is 2.46. The third-order valence-corrected chi connectivity index (χ3v) is 15.0. The van der Waals surface area contributed by atoms with Crippen molar-refractivity contribution in [2.75, 3.05) is 19.6 Å². The van der Waals surface area contributed by atoms with Crippen LogP contribution in [-0.2, 0) is 0 Å². The van der Waals surface area contributed by atoms with Crippen LogP contribution < -0.4 is 19.6 Å². The molecule has 6 heterocycles. The highest BCUT2D eigenvalue weighted by atomic mass is 16.1. The van der Waals surface area contributed by atoms with E-state index >= 15 is 0 Å². The Morgan fingerprint density at radius 1 is 0.301 bits per heavy atom. The molecule has 0 N–H and O–H groups in total. The van der Waals surface area contributed by atoms with Gasteiger partial charge in [-0.1, -0.05) is 91.0 Å². The van der Waals surface area contributed by atoms with Crippen LogP contribution in [0.25, 0.3) is 0 Å². The average Bonchev–Trinajstić information content (AvgIpc) is 4.08. The van der Waals surface area contributed by atoms with Crippen molar-refractivity contribution in [2.45, 2.75) is 17.8 Å². The Bertz CT molecular complexity index is 3560. The van der Waals surface area contributed by atoms with Crippen molar-refractivity contribution in [2.24, 2.45) is 15.0 Å². The number of para-hydroxylation sites is 6. The van der Waals surface area contributed by atoms with Gasteiger partial charge in [-0.2, -0.15) is 0 Å². The molecule has 3 unspecified atom stereocenters. The predicted molar refractivity (Wildman–Crippen MR) is 289 cm³/mol. The summed E-state index contributed by atoms with van der Waals surface area (Å²) in [6, 6.07) is 72.1. The number of hydrogen-bond donors (Lipinski definition) is 0. The number of amidine groups is 3. The average molecular weight is 942 g/mol. The number of rotatable bonds is 6. The van der Waals surface area contributed by atoms with Crippen LogP contribution in [0.5, 0.6) is 0 Å². The molecule has 0 radical (unpaired) electrons. The minimum absolute atomic E-state index is 0.0464. The predicted octanol–water partition coefficient (Wildman–Crippen LogP) is 14.6. The van der Waals surface area contributed by atoms with Gasteiger partial charge in [0.2, 0.25) is 0 Å². The van der Waals surface area contributed by atoms with Gasteiger partial charge in [-0.3, -0.25) is 29.1 Å². The molecule has 6 aliphatic rings. The van der Waals surface area contributed by atoms with Gasteiger partial charge in [-0.25, -0.2) is 15.0 Å². The Morgan fingerprint density at radius 2 is 0.562 bits per heavy atom. The standard InChI is InChI=1S/C63H39N7O3/c71-58-43-13-1-7-19-49(43)64-61-55(58)46-16-4-10-22-52(46)68(61)40-31-25-37(26-32-40)67(38-27-33-41(34-28-38)69-53-23-11-5-17-47(53)56-59(72)44-14-2-8-20-50(44)65-62(56)69)39-29-35-42(36-30-39)70-54-24-12-6-18-48(54)57-60(73)45-15-3-9-21-51(45)66-63(57)70/h1-36,55-57H. The van der Waals surface area contributed by atoms with Crippen molar-refractivity contribution in [1.82, 2.24) is 0 Å². The summed E-state index contributed by atoms with van der Waals surface area (Å²) in [6.07, 6.45) is 0. The summed E-state index contributed by atoms with van der Waals surface area (Å²) in [5.41, 5.74) is 14.9. The first-order valence-electron chi connectivity index (χ1n) is 24.4. The second-order valence-electron chi connectivity index (χ2n) is 18.9. The van der Waals surface area contributed by atoms with E-state index in [4.69, 9.17) is 15.0 Å². The number of carbonyl (C=O) groups excluding carboxylic acids is 3. The summed E-state index contributed by atoms with van der Waals surface area (Å²) >= 11 is 0. The van der Waals surface area contributed by atoms with E-state index in [2.05, 4.69) is 111 Å². The summed E-state index contributed by atoms with van der Waals surface area (Å²) in [5, 5.41) is 0. The van der Waals surface area contributed by atoms with Gasteiger partial charge in [0.05, 0.1) is 34.1 Å². The van der Waals surface area contributed by atoms with E-state index < -0.39 is 17.8 Å². The van der Waals surface area contributed by atoms with E-state index in [1.54, 1.807) is 0 Å². The molecule has 9 aromatic carbocycles. The second-order valence-corrected chi connectivity index (χ2v) is 18.9. The summed E-state index contributed by atoms with van der Waals surface area (Å²) < 4.78 is 0.